The number of amides is 1. The zero-order valence-electron chi connectivity index (χ0n) is 16.4. The smallest absolute Gasteiger partial charge is 0.492 e. The molecule has 1 heterocycles. The number of carbonyl (C=O) groups is 2. The van der Waals surface area contributed by atoms with Crippen molar-refractivity contribution in [3.8, 4) is 22.6 Å². The van der Waals surface area contributed by atoms with Crippen LogP contribution in [0.3, 0.4) is 0 Å². The van der Waals surface area contributed by atoms with Crippen LogP contribution >= 0.6 is 0 Å². The zero-order valence-corrected chi connectivity index (χ0v) is 16.4. The number of benzene rings is 2. The van der Waals surface area contributed by atoms with Crippen LogP contribution in [0.25, 0.3) is 11.1 Å². The largest absolute Gasteiger partial charge is 0.573 e. The Hall–Kier alpha value is -3.03. The molecule has 5 nitrogen and oxygen atoms in total. The lowest BCUT2D eigenvalue weighted by molar-refractivity contribution is -0.274. The summed E-state index contributed by atoms with van der Waals surface area (Å²) < 4.78 is 48.8. The van der Waals surface area contributed by atoms with Crippen LogP contribution in [0, 0.1) is 0 Å². The summed E-state index contributed by atoms with van der Waals surface area (Å²) in [5, 5.41) is 0. The maximum Gasteiger partial charge on any atom is 0.573 e. The minimum atomic E-state index is -4.92. The van der Waals surface area contributed by atoms with Crippen molar-refractivity contribution < 1.29 is 32.2 Å². The van der Waals surface area contributed by atoms with Gasteiger partial charge in [-0.1, -0.05) is 13.8 Å². The van der Waals surface area contributed by atoms with Gasteiger partial charge in [0.05, 0.1) is 6.61 Å². The molecule has 0 radical (unpaired) electrons. The number of nitrogens with zero attached hydrogens (tertiary/aromatic N) is 1. The number of hydrogen-bond acceptors (Lipinski definition) is 4. The Morgan fingerprint density at radius 2 is 1.86 bits per heavy atom. The van der Waals surface area contributed by atoms with Gasteiger partial charge in [-0.15, -0.1) is 13.2 Å². The monoisotopic (exact) mass is 407 g/mol. The molecular formula is C21H20F3NO4. The van der Waals surface area contributed by atoms with Crippen molar-refractivity contribution in [1.29, 1.82) is 0 Å². The second-order valence-corrected chi connectivity index (χ2v) is 7.69. The molecule has 1 aliphatic heterocycles. The van der Waals surface area contributed by atoms with Gasteiger partial charge >= 0.3 is 6.36 Å². The highest BCUT2D eigenvalue weighted by Gasteiger charge is 2.37. The highest BCUT2D eigenvalue weighted by Crippen LogP contribution is 2.48. The number of alkyl halides is 3. The van der Waals surface area contributed by atoms with Gasteiger partial charge in [0.1, 0.15) is 17.8 Å². The third kappa shape index (κ3) is 4.06. The standard InChI is InChI=1S/C21H20F3NO4/c1-20(2)11-28-18-15(8-13(9-16(18)20)19(27)25(3)4)14-7-12(10-26)5-6-17(14)29-21(22,23)24/h5-10H,11H2,1-4H3. The fourth-order valence-electron chi connectivity index (χ4n) is 3.24. The average Bonchev–Trinajstić information content (AvgIpc) is 2.94. The lowest BCUT2D eigenvalue weighted by Crippen LogP contribution is -2.23. The molecule has 0 fully saturated rings. The molecular weight excluding hydrogens is 387 g/mol. The Morgan fingerprint density at radius 3 is 2.45 bits per heavy atom. The molecule has 2 aromatic rings. The number of fused-ring (bicyclic) bond motifs is 1. The number of aldehydes is 1. The summed E-state index contributed by atoms with van der Waals surface area (Å²) in [6, 6.07) is 6.77. The molecule has 0 atom stereocenters. The van der Waals surface area contributed by atoms with Crippen molar-refractivity contribution in [2.24, 2.45) is 0 Å². The Kier molecular flexibility index (Phi) is 5.06. The van der Waals surface area contributed by atoms with Crippen LogP contribution in [0.4, 0.5) is 13.2 Å². The first kappa shape index (κ1) is 20.7. The Bertz CT molecular complexity index is 981. The van der Waals surface area contributed by atoms with Crippen molar-refractivity contribution in [2.75, 3.05) is 20.7 Å². The Balaban J connectivity index is 2.31. The van der Waals surface area contributed by atoms with Crippen molar-refractivity contribution in [3.63, 3.8) is 0 Å². The van der Waals surface area contributed by atoms with E-state index < -0.39 is 17.5 Å². The van der Waals surface area contributed by atoms with Gasteiger partial charge in [-0.05, 0) is 30.3 Å². The molecule has 3 rings (SSSR count). The first-order valence-electron chi connectivity index (χ1n) is 8.81. The van der Waals surface area contributed by atoms with E-state index in [4.69, 9.17) is 4.74 Å². The van der Waals surface area contributed by atoms with E-state index in [0.29, 0.717) is 29.8 Å². The Morgan fingerprint density at radius 1 is 1.17 bits per heavy atom. The second kappa shape index (κ2) is 7.09. The number of halogens is 3. The van der Waals surface area contributed by atoms with Crippen LogP contribution in [0.15, 0.2) is 30.3 Å². The van der Waals surface area contributed by atoms with Crippen molar-refractivity contribution >= 4 is 12.2 Å². The molecule has 0 saturated heterocycles. The summed E-state index contributed by atoms with van der Waals surface area (Å²) >= 11 is 0. The van der Waals surface area contributed by atoms with E-state index in [1.807, 2.05) is 13.8 Å². The average molecular weight is 407 g/mol. The Labute approximate surface area is 166 Å². The maximum atomic E-state index is 12.9. The minimum absolute atomic E-state index is 0.0225. The van der Waals surface area contributed by atoms with Crippen LogP contribution < -0.4 is 9.47 Å². The molecule has 1 aliphatic rings. The van der Waals surface area contributed by atoms with Gasteiger partial charge in [-0.3, -0.25) is 9.59 Å². The van der Waals surface area contributed by atoms with Gasteiger partial charge in [-0.25, -0.2) is 0 Å². The van der Waals surface area contributed by atoms with Crippen LogP contribution in [0.2, 0.25) is 0 Å². The van der Waals surface area contributed by atoms with Crippen molar-refractivity contribution in [3.05, 3.63) is 47.0 Å². The van der Waals surface area contributed by atoms with E-state index >= 15 is 0 Å². The summed E-state index contributed by atoms with van der Waals surface area (Å²) in [5.41, 5.74) is 1.02. The van der Waals surface area contributed by atoms with Gasteiger partial charge in [0, 0.05) is 47.3 Å². The van der Waals surface area contributed by atoms with Crippen molar-refractivity contribution in [1.82, 2.24) is 4.90 Å². The van der Waals surface area contributed by atoms with Gasteiger partial charge in [0.2, 0.25) is 0 Å². The molecule has 0 bridgehead atoms. The van der Waals surface area contributed by atoms with Crippen LogP contribution in [-0.2, 0) is 5.41 Å². The topological polar surface area (TPSA) is 55.8 Å². The lowest BCUT2D eigenvalue weighted by atomic mass is 9.83. The molecule has 0 saturated carbocycles. The normalized spacial score (nSPS) is 14.7. The quantitative estimate of drug-likeness (QED) is 0.704. The molecule has 0 unspecified atom stereocenters. The van der Waals surface area contributed by atoms with Crippen LogP contribution in [-0.4, -0.2) is 44.2 Å². The molecule has 8 heteroatoms. The molecule has 0 aromatic heterocycles. The van der Waals surface area contributed by atoms with E-state index in [9.17, 15) is 22.8 Å². The number of rotatable bonds is 4. The van der Waals surface area contributed by atoms with Gasteiger partial charge in [-0.2, -0.15) is 0 Å². The van der Waals surface area contributed by atoms with E-state index in [-0.39, 0.29) is 22.6 Å². The number of ether oxygens (including phenoxy) is 2. The van der Waals surface area contributed by atoms with Gasteiger partial charge in [0.15, 0.2) is 0 Å². The lowest BCUT2D eigenvalue weighted by Gasteiger charge is -2.20. The van der Waals surface area contributed by atoms with Crippen molar-refractivity contribution in [2.45, 2.75) is 25.6 Å². The van der Waals surface area contributed by atoms with Crippen LogP contribution in [0.1, 0.15) is 40.1 Å². The first-order valence-corrected chi connectivity index (χ1v) is 8.81. The molecule has 0 N–H and O–H groups in total. The molecule has 1 amide bonds. The van der Waals surface area contributed by atoms with E-state index in [0.717, 1.165) is 6.07 Å². The highest BCUT2D eigenvalue weighted by molar-refractivity contribution is 5.97. The SMILES string of the molecule is CN(C)C(=O)c1cc(-c2cc(C=O)ccc2OC(F)(F)F)c2c(c1)C(C)(C)CO2. The summed E-state index contributed by atoms with van der Waals surface area (Å²) in [6.45, 7) is 4.14. The summed E-state index contributed by atoms with van der Waals surface area (Å²) in [7, 11) is 3.17. The molecule has 29 heavy (non-hydrogen) atoms. The summed E-state index contributed by atoms with van der Waals surface area (Å²) in [5.74, 6) is -0.407. The zero-order chi connectivity index (χ0) is 21.6. The van der Waals surface area contributed by atoms with E-state index in [1.165, 1.54) is 23.1 Å². The maximum absolute atomic E-state index is 12.9. The third-order valence-electron chi connectivity index (χ3n) is 4.70. The second-order valence-electron chi connectivity index (χ2n) is 7.69. The van der Waals surface area contributed by atoms with E-state index in [2.05, 4.69) is 4.74 Å². The van der Waals surface area contributed by atoms with E-state index in [1.54, 1.807) is 20.2 Å². The first-order chi connectivity index (χ1) is 13.4. The molecule has 154 valence electrons. The van der Waals surface area contributed by atoms with Crippen LogP contribution in [0.5, 0.6) is 11.5 Å². The minimum Gasteiger partial charge on any atom is -0.492 e. The van der Waals surface area contributed by atoms with Gasteiger partial charge in [0.25, 0.3) is 5.91 Å². The highest BCUT2D eigenvalue weighted by atomic mass is 19.4. The fourth-order valence-corrected chi connectivity index (χ4v) is 3.24. The number of carbonyl (C=O) groups excluding carboxylic acids is 2. The summed E-state index contributed by atoms with van der Waals surface area (Å²) in [4.78, 5) is 25.2. The predicted molar refractivity (Wildman–Crippen MR) is 100 cm³/mol. The van der Waals surface area contributed by atoms with Gasteiger partial charge < -0.3 is 14.4 Å². The third-order valence-corrected chi connectivity index (χ3v) is 4.70. The molecule has 2 aromatic carbocycles. The summed E-state index contributed by atoms with van der Waals surface area (Å²) in [6.07, 6.45) is -4.39. The molecule has 0 aliphatic carbocycles. The number of hydrogen-bond donors (Lipinski definition) is 0. The predicted octanol–water partition coefficient (Wildman–Crippen LogP) is 4.44. The molecule has 0 spiro atoms. The fraction of sp³-hybridized carbons (Fsp3) is 0.333.